The Morgan fingerprint density at radius 3 is 2.90 bits per heavy atom. The zero-order valence-corrected chi connectivity index (χ0v) is 11.7. The van der Waals surface area contributed by atoms with E-state index in [2.05, 4.69) is 0 Å². The van der Waals surface area contributed by atoms with Crippen molar-refractivity contribution in [2.24, 2.45) is 0 Å². The number of nitrogens with zero attached hydrogens (tertiary/aromatic N) is 1. The first-order chi connectivity index (χ1) is 9.75. The summed E-state index contributed by atoms with van der Waals surface area (Å²) in [7, 11) is 0. The van der Waals surface area contributed by atoms with E-state index in [0.29, 0.717) is 13.0 Å². The molecule has 2 aliphatic rings. The number of rotatable bonds is 0. The first-order valence-electron chi connectivity index (χ1n) is 6.75. The Bertz CT molecular complexity index is 719. The summed E-state index contributed by atoms with van der Waals surface area (Å²) in [5.41, 5.74) is 2.85. The zero-order valence-electron chi connectivity index (χ0n) is 10.8. The van der Waals surface area contributed by atoms with Crippen LogP contribution in [0.25, 0.3) is 0 Å². The molecule has 0 spiro atoms. The van der Waals surface area contributed by atoms with E-state index in [1.807, 2.05) is 40.6 Å². The second-order valence-corrected chi connectivity index (χ2v) is 6.17. The number of carbonyl (C=O) groups excluding carboxylic acids is 2. The molecule has 2 aliphatic heterocycles. The lowest BCUT2D eigenvalue weighted by atomic mass is 9.97. The quantitative estimate of drug-likeness (QED) is 0.745. The van der Waals surface area contributed by atoms with Gasteiger partial charge in [-0.15, -0.1) is 11.3 Å². The Labute approximate surface area is 120 Å². The van der Waals surface area contributed by atoms with Crippen molar-refractivity contribution in [3.05, 3.63) is 57.3 Å². The lowest BCUT2D eigenvalue weighted by Crippen LogP contribution is -2.33. The maximum Gasteiger partial charge on any atom is 0.254 e. The number of Topliss-reactive ketones (excluding diaryl/α,β-unsaturated/α-hetero) is 1. The van der Waals surface area contributed by atoms with Crippen LogP contribution in [0.2, 0.25) is 0 Å². The number of amides is 1. The van der Waals surface area contributed by atoms with Gasteiger partial charge in [-0.3, -0.25) is 9.59 Å². The molecular weight excluding hydrogens is 270 g/mol. The standard InChI is InChI=1S/C16H13NO2S/c18-14-9-13-11-3-1-2-4-12(11)16(19)17(13)7-5-10-6-8-20-15(10)14/h1-4,6,8,13H,5,7,9H2. The van der Waals surface area contributed by atoms with E-state index in [4.69, 9.17) is 0 Å². The third-order valence-electron chi connectivity index (χ3n) is 4.19. The van der Waals surface area contributed by atoms with E-state index in [-0.39, 0.29) is 17.7 Å². The molecule has 3 nitrogen and oxygen atoms in total. The van der Waals surface area contributed by atoms with Gasteiger partial charge in [0, 0.05) is 18.5 Å². The SMILES string of the molecule is O=C1CC2c3ccccc3C(=O)N2CCc2ccsc21. The third kappa shape index (κ3) is 1.58. The van der Waals surface area contributed by atoms with Gasteiger partial charge < -0.3 is 4.90 Å². The monoisotopic (exact) mass is 283 g/mol. The lowest BCUT2D eigenvalue weighted by molar-refractivity contribution is 0.0700. The summed E-state index contributed by atoms with van der Waals surface area (Å²) in [4.78, 5) is 27.7. The van der Waals surface area contributed by atoms with Crippen LogP contribution in [0.4, 0.5) is 0 Å². The van der Waals surface area contributed by atoms with Crippen molar-refractivity contribution in [2.45, 2.75) is 18.9 Å². The molecule has 1 unspecified atom stereocenters. The van der Waals surface area contributed by atoms with Gasteiger partial charge in [0.05, 0.1) is 10.9 Å². The van der Waals surface area contributed by atoms with E-state index in [1.165, 1.54) is 11.3 Å². The molecule has 1 aromatic carbocycles. The highest BCUT2D eigenvalue weighted by Gasteiger charge is 2.38. The van der Waals surface area contributed by atoms with Gasteiger partial charge in [-0.1, -0.05) is 18.2 Å². The molecule has 0 fully saturated rings. The average molecular weight is 283 g/mol. The summed E-state index contributed by atoms with van der Waals surface area (Å²) >= 11 is 1.52. The number of fused-ring (bicyclic) bond motifs is 4. The van der Waals surface area contributed by atoms with Crippen molar-refractivity contribution in [3.8, 4) is 0 Å². The summed E-state index contributed by atoms with van der Waals surface area (Å²) in [5, 5.41) is 1.97. The van der Waals surface area contributed by atoms with Crippen LogP contribution in [0, 0.1) is 0 Å². The second kappa shape index (κ2) is 4.28. The van der Waals surface area contributed by atoms with Crippen LogP contribution in [0.15, 0.2) is 35.7 Å². The van der Waals surface area contributed by atoms with Gasteiger partial charge in [0.1, 0.15) is 0 Å². The lowest BCUT2D eigenvalue weighted by Gasteiger charge is -2.27. The minimum atomic E-state index is -0.0820. The fourth-order valence-corrected chi connectivity index (χ4v) is 4.12. The molecule has 100 valence electrons. The molecule has 0 aliphatic carbocycles. The van der Waals surface area contributed by atoms with Crippen LogP contribution in [-0.4, -0.2) is 23.1 Å². The Balaban J connectivity index is 1.80. The predicted molar refractivity (Wildman–Crippen MR) is 77.2 cm³/mol. The topological polar surface area (TPSA) is 37.4 Å². The van der Waals surface area contributed by atoms with Gasteiger partial charge in [-0.05, 0) is 35.1 Å². The molecule has 0 N–H and O–H groups in total. The molecule has 4 heteroatoms. The first-order valence-corrected chi connectivity index (χ1v) is 7.63. The average Bonchev–Trinajstić information content (AvgIpc) is 3.00. The van der Waals surface area contributed by atoms with Gasteiger partial charge in [0.2, 0.25) is 0 Å². The van der Waals surface area contributed by atoms with Gasteiger partial charge in [0.25, 0.3) is 5.91 Å². The summed E-state index contributed by atoms with van der Waals surface area (Å²) in [6.45, 7) is 0.690. The molecular formula is C16H13NO2S. The fraction of sp³-hybridized carbons (Fsp3) is 0.250. The highest BCUT2D eigenvalue weighted by atomic mass is 32.1. The Morgan fingerprint density at radius 1 is 1.15 bits per heavy atom. The molecule has 0 radical (unpaired) electrons. The van der Waals surface area contributed by atoms with Crippen LogP contribution in [0.1, 0.15) is 43.6 Å². The zero-order chi connectivity index (χ0) is 13.7. The minimum Gasteiger partial charge on any atom is -0.331 e. The number of hydrogen-bond donors (Lipinski definition) is 0. The van der Waals surface area contributed by atoms with E-state index in [9.17, 15) is 9.59 Å². The van der Waals surface area contributed by atoms with E-state index in [0.717, 1.165) is 28.0 Å². The van der Waals surface area contributed by atoms with E-state index in [1.54, 1.807) is 0 Å². The van der Waals surface area contributed by atoms with Crippen LogP contribution in [0.3, 0.4) is 0 Å². The fourth-order valence-electron chi connectivity index (χ4n) is 3.21. The van der Waals surface area contributed by atoms with Crippen molar-refractivity contribution in [1.29, 1.82) is 0 Å². The van der Waals surface area contributed by atoms with E-state index >= 15 is 0 Å². The molecule has 1 aromatic heterocycles. The molecule has 3 heterocycles. The van der Waals surface area contributed by atoms with Gasteiger partial charge in [0.15, 0.2) is 5.78 Å². The van der Waals surface area contributed by atoms with Crippen LogP contribution < -0.4 is 0 Å². The molecule has 4 rings (SSSR count). The summed E-state index contributed by atoms with van der Waals surface area (Å²) < 4.78 is 0. The van der Waals surface area contributed by atoms with Crippen molar-refractivity contribution < 1.29 is 9.59 Å². The molecule has 1 amide bonds. The Morgan fingerprint density at radius 2 is 2.00 bits per heavy atom. The van der Waals surface area contributed by atoms with Crippen LogP contribution in [0.5, 0.6) is 0 Å². The summed E-state index contributed by atoms with van der Waals surface area (Å²) in [6.07, 6.45) is 1.16. The normalized spacial score (nSPS) is 21.0. The molecule has 1 atom stereocenters. The summed E-state index contributed by atoms with van der Waals surface area (Å²) in [6, 6.07) is 9.59. The number of carbonyl (C=O) groups is 2. The van der Waals surface area contributed by atoms with E-state index < -0.39 is 0 Å². The molecule has 0 saturated carbocycles. The highest BCUT2D eigenvalue weighted by Crippen LogP contribution is 2.38. The van der Waals surface area contributed by atoms with Gasteiger partial charge in [-0.2, -0.15) is 0 Å². The van der Waals surface area contributed by atoms with Crippen LogP contribution >= 0.6 is 11.3 Å². The van der Waals surface area contributed by atoms with Gasteiger partial charge in [-0.25, -0.2) is 0 Å². The highest BCUT2D eigenvalue weighted by molar-refractivity contribution is 7.12. The van der Waals surface area contributed by atoms with Crippen LogP contribution in [-0.2, 0) is 6.42 Å². The second-order valence-electron chi connectivity index (χ2n) is 5.25. The minimum absolute atomic E-state index is 0.0667. The van der Waals surface area contributed by atoms with Gasteiger partial charge >= 0.3 is 0 Å². The van der Waals surface area contributed by atoms with Crippen molar-refractivity contribution in [2.75, 3.05) is 6.54 Å². The van der Waals surface area contributed by atoms with Crippen molar-refractivity contribution >= 4 is 23.0 Å². The maximum absolute atomic E-state index is 12.5. The Hall–Kier alpha value is -1.94. The Kier molecular flexibility index (Phi) is 2.54. The molecule has 0 saturated heterocycles. The number of ketones is 1. The third-order valence-corrected chi connectivity index (χ3v) is 5.19. The van der Waals surface area contributed by atoms with Crippen molar-refractivity contribution in [3.63, 3.8) is 0 Å². The summed E-state index contributed by atoms with van der Waals surface area (Å²) in [5.74, 6) is 0.228. The molecule has 0 bridgehead atoms. The first kappa shape index (κ1) is 11.9. The smallest absolute Gasteiger partial charge is 0.254 e. The molecule has 20 heavy (non-hydrogen) atoms. The largest absolute Gasteiger partial charge is 0.331 e. The number of thiophene rings is 1. The van der Waals surface area contributed by atoms with Crippen molar-refractivity contribution in [1.82, 2.24) is 4.90 Å². The number of benzene rings is 1. The molecule has 2 aromatic rings. The number of hydrogen-bond acceptors (Lipinski definition) is 3. The predicted octanol–water partition coefficient (Wildman–Crippen LogP) is 3.07. The maximum atomic E-state index is 12.5.